The molecule has 1 aromatic carbocycles. The van der Waals surface area contributed by atoms with Gasteiger partial charge >= 0.3 is 0 Å². The highest BCUT2D eigenvalue weighted by molar-refractivity contribution is 5.63. The quantitative estimate of drug-likeness (QED) is 0.820. The number of nitrogens with two attached hydrogens (primary N) is 1. The summed E-state index contributed by atoms with van der Waals surface area (Å²) in [7, 11) is 4.89. The summed E-state index contributed by atoms with van der Waals surface area (Å²) in [5, 5.41) is 0. The van der Waals surface area contributed by atoms with Gasteiger partial charge < -0.3 is 19.9 Å². The van der Waals surface area contributed by atoms with E-state index in [2.05, 4.69) is 0 Å². The molecular formula is C13H19NO3. The number of hydrogen-bond acceptors (Lipinski definition) is 4. The molecule has 0 aromatic heterocycles. The van der Waals surface area contributed by atoms with Crippen LogP contribution in [0.4, 0.5) is 0 Å². The molecule has 17 heavy (non-hydrogen) atoms. The van der Waals surface area contributed by atoms with Crippen LogP contribution in [0.15, 0.2) is 18.2 Å². The van der Waals surface area contributed by atoms with Gasteiger partial charge in [0.05, 0.1) is 20.8 Å². The molecule has 0 amide bonds. The maximum absolute atomic E-state index is 5.45. The molecule has 0 aliphatic carbocycles. The lowest BCUT2D eigenvalue weighted by atomic mass is 10.1. The lowest BCUT2D eigenvalue weighted by molar-refractivity contribution is 0.184. The summed E-state index contributed by atoms with van der Waals surface area (Å²) in [5.41, 5.74) is 7.42. The zero-order chi connectivity index (χ0) is 12.7. The fraction of sp³-hybridized carbons (Fsp3) is 0.385. The minimum Gasteiger partial charge on any atom is -0.493 e. The SMILES string of the molecule is COCc1cc(/C=C/CN)c(OC)c(OC)c1. The van der Waals surface area contributed by atoms with Gasteiger partial charge in [-0.15, -0.1) is 0 Å². The van der Waals surface area contributed by atoms with E-state index in [1.165, 1.54) is 0 Å². The Morgan fingerprint density at radius 3 is 2.47 bits per heavy atom. The molecule has 1 aromatic rings. The molecule has 0 aliphatic heterocycles. The summed E-state index contributed by atoms with van der Waals surface area (Å²) in [4.78, 5) is 0. The van der Waals surface area contributed by atoms with Crippen LogP contribution in [-0.2, 0) is 11.3 Å². The van der Waals surface area contributed by atoms with Crippen molar-refractivity contribution >= 4 is 6.08 Å². The largest absolute Gasteiger partial charge is 0.493 e. The molecule has 0 heterocycles. The fourth-order valence-corrected chi connectivity index (χ4v) is 1.62. The van der Waals surface area contributed by atoms with Gasteiger partial charge in [0.2, 0.25) is 0 Å². The van der Waals surface area contributed by atoms with E-state index in [0.717, 1.165) is 11.1 Å². The van der Waals surface area contributed by atoms with Crippen LogP contribution in [-0.4, -0.2) is 27.9 Å². The van der Waals surface area contributed by atoms with Crippen LogP contribution in [0, 0.1) is 0 Å². The Morgan fingerprint density at radius 2 is 1.94 bits per heavy atom. The molecule has 0 radical (unpaired) electrons. The van der Waals surface area contributed by atoms with Crippen LogP contribution in [0.3, 0.4) is 0 Å². The highest BCUT2D eigenvalue weighted by Gasteiger charge is 2.10. The van der Waals surface area contributed by atoms with Gasteiger partial charge in [-0.3, -0.25) is 0 Å². The zero-order valence-corrected chi connectivity index (χ0v) is 10.5. The highest BCUT2D eigenvalue weighted by Crippen LogP contribution is 2.33. The van der Waals surface area contributed by atoms with E-state index in [0.29, 0.717) is 24.7 Å². The molecule has 0 aliphatic rings. The molecular weight excluding hydrogens is 218 g/mol. The van der Waals surface area contributed by atoms with Crippen molar-refractivity contribution in [2.24, 2.45) is 5.73 Å². The van der Waals surface area contributed by atoms with Crippen molar-refractivity contribution < 1.29 is 14.2 Å². The number of hydrogen-bond donors (Lipinski definition) is 1. The van der Waals surface area contributed by atoms with Crippen molar-refractivity contribution in [3.63, 3.8) is 0 Å². The first-order valence-corrected chi connectivity index (χ1v) is 5.37. The van der Waals surface area contributed by atoms with Crippen molar-refractivity contribution in [2.75, 3.05) is 27.9 Å². The van der Waals surface area contributed by atoms with Gasteiger partial charge in [0.25, 0.3) is 0 Å². The van der Waals surface area contributed by atoms with Gasteiger partial charge in [-0.2, -0.15) is 0 Å². The lowest BCUT2D eigenvalue weighted by Gasteiger charge is -2.13. The molecule has 0 unspecified atom stereocenters. The molecule has 4 nitrogen and oxygen atoms in total. The maximum Gasteiger partial charge on any atom is 0.167 e. The van der Waals surface area contributed by atoms with Crippen LogP contribution < -0.4 is 15.2 Å². The smallest absolute Gasteiger partial charge is 0.167 e. The average Bonchev–Trinajstić information content (AvgIpc) is 2.35. The molecule has 0 bridgehead atoms. The minimum absolute atomic E-state index is 0.486. The highest BCUT2D eigenvalue weighted by atomic mass is 16.5. The Balaban J connectivity index is 3.21. The normalized spacial score (nSPS) is 10.8. The van der Waals surface area contributed by atoms with Crippen LogP contribution >= 0.6 is 0 Å². The third kappa shape index (κ3) is 3.47. The van der Waals surface area contributed by atoms with E-state index in [4.69, 9.17) is 19.9 Å². The topological polar surface area (TPSA) is 53.7 Å². The first-order chi connectivity index (χ1) is 8.26. The number of ether oxygens (including phenoxy) is 3. The van der Waals surface area contributed by atoms with Gasteiger partial charge in [-0.1, -0.05) is 12.2 Å². The summed E-state index contributed by atoms with van der Waals surface area (Å²) in [6, 6.07) is 3.90. The molecule has 0 spiro atoms. The Hall–Kier alpha value is -1.52. The van der Waals surface area contributed by atoms with Crippen LogP contribution in [0.1, 0.15) is 11.1 Å². The summed E-state index contributed by atoms with van der Waals surface area (Å²) in [6.07, 6.45) is 3.79. The van der Waals surface area contributed by atoms with Crippen molar-refractivity contribution in [2.45, 2.75) is 6.61 Å². The second-order valence-corrected chi connectivity index (χ2v) is 3.49. The predicted molar refractivity (Wildman–Crippen MR) is 68.3 cm³/mol. The first kappa shape index (κ1) is 13.5. The second-order valence-electron chi connectivity index (χ2n) is 3.49. The van der Waals surface area contributed by atoms with Gasteiger partial charge in [0.15, 0.2) is 11.5 Å². The molecule has 2 N–H and O–H groups in total. The Morgan fingerprint density at radius 1 is 1.18 bits per heavy atom. The van der Waals surface area contributed by atoms with E-state index < -0.39 is 0 Å². The van der Waals surface area contributed by atoms with E-state index in [-0.39, 0.29) is 0 Å². The van der Waals surface area contributed by atoms with Crippen LogP contribution in [0.25, 0.3) is 6.08 Å². The molecule has 94 valence electrons. The second kappa shape index (κ2) is 6.93. The summed E-state index contributed by atoms with van der Waals surface area (Å²) >= 11 is 0. The minimum atomic E-state index is 0.486. The Kier molecular flexibility index (Phi) is 5.52. The Labute approximate surface area is 102 Å². The van der Waals surface area contributed by atoms with E-state index >= 15 is 0 Å². The molecule has 0 saturated carbocycles. The molecule has 1 rings (SSSR count). The number of benzene rings is 1. The molecule has 0 saturated heterocycles. The van der Waals surface area contributed by atoms with E-state index in [1.807, 2.05) is 24.3 Å². The summed E-state index contributed by atoms with van der Waals surface area (Å²) < 4.78 is 15.8. The van der Waals surface area contributed by atoms with Crippen LogP contribution in [0.2, 0.25) is 0 Å². The lowest BCUT2D eigenvalue weighted by Crippen LogP contribution is -1.98. The molecule has 0 atom stereocenters. The van der Waals surface area contributed by atoms with Gasteiger partial charge in [0.1, 0.15) is 0 Å². The third-order valence-electron chi connectivity index (χ3n) is 2.31. The zero-order valence-electron chi connectivity index (χ0n) is 10.5. The van der Waals surface area contributed by atoms with Crippen molar-refractivity contribution in [3.05, 3.63) is 29.3 Å². The summed E-state index contributed by atoms with van der Waals surface area (Å²) in [6.45, 7) is 1.02. The van der Waals surface area contributed by atoms with Crippen molar-refractivity contribution in [1.29, 1.82) is 0 Å². The van der Waals surface area contributed by atoms with Gasteiger partial charge in [-0.25, -0.2) is 0 Å². The predicted octanol–water partition coefficient (Wildman–Crippen LogP) is 1.82. The molecule has 0 fully saturated rings. The third-order valence-corrected chi connectivity index (χ3v) is 2.31. The monoisotopic (exact) mass is 237 g/mol. The number of methoxy groups -OCH3 is 3. The van der Waals surface area contributed by atoms with Crippen LogP contribution in [0.5, 0.6) is 11.5 Å². The maximum atomic E-state index is 5.45. The first-order valence-electron chi connectivity index (χ1n) is 5.37. The standard InChI is InChI=1S/C13H19NO3/c1-15-9-10-7-11(5-4-6-14)13(17-3)12(8-10)16-2/h4-5,7-8H,6,9,14H2,1-3H3/b5-4+. The summed E-state index contributed by atoms with van der Waals surface area (Å²) in [5.74, 6) is 1.40. The Bertz CT molecular complexity index is 388. The number of rotatable bonds is 6. The van der Waals surface area contributed by atoms with E-state index in [9.17, 15) is 0 Å². The van der Waals surface area contributed by atoms with Crippen molar-refractivity contribution in [1.82, 2.24) is 0 Å². The van der Waals surface area contributed by atoms with Gasteiger partial charge in [0, 0.05) is 19.2 Å². The van der Waals surface area contributed by atoms with Crippen molar-refractivity contribution in [3.8, 4) is 11.5 Å². The van der Waals surface area contributed by atoms with Gasteiger partial charge in [-0.05, 0) is 17.7 Å². The van der Waals surface area contributed by atoms with E-state index in [1.54, 1.807) is 21.3 Å². The average molecular weight is 237 g/mol. The fourth-order valence-electron chi connectivity index (χ4n) is 1.62. The molecule has 4 heteroatoms.